The summed E-state index contributed by atoms with van der Waals surface area (Å²) in [4.78, 5) is 11.5. The smallest absolute Gasteiger partial charge is 0.251 e. The molecule has 112 valence electrons. The minimum absolute atomic E-state index is 0.140. The van der Waals surface area contributed by atoms with Gasteiger partial charge in [0.1, 0.15) is 5.75 Å². The first kappa shape index (κ1) is 16.3. The molecule has 0 saturated heterocycles. The monoisotopic (exact) mass is 278 g/mol. The standard InChI is InChI=1S/C16H26N2O2/c1-3-4-5-6-7-8-11-20-15-10-9-13(12-14(15)17)16(19)18-2/h9-10,12H,3-8,11,17H2,1-2H3,(H,18,19). The molecule has 0 bridgehead atoms. The molecule has 1 aromatic rings. The summed E-state index contributed by atoms with van der Waals surface area (Å²) in [5.41, 5.74) is 6.95. The molecule has 1 aromatic carbocycles. The van der Waals surface area contributed by atoms with Gasteiger partial charge in [0.05, 0.1) is 12.3 Å². The molecule has 0 aliphatic carbocycles. The number of ether oxygens (including phenoxy) is 1. The Morgan fingerprint density at radius 2 is 1.90 bits per heavy atom. The van der Waals surface area contributed by atoms with Crippen LogP contribution in [0.15, 0.2) is 18.2 Å². The van der Waals surface area contributed by atoms with E-state index in [-0.39, 0.29) is 5.91 Å². The van der Waals surface area contributed by atoms with Crippen LogP contribution < -0.4 is 15.8 Å². The van der Waals surface area contributed by atoms with Gasteiger partial charge in [-0.3, -0.25) is 4.79 Å². The Labute approximate surface area is 121 Å². The highest BCUT2D eigenvalue weighted by Crippen LogP contribution is 2.22. The van der Waals surface area contributed by atoms with Crippen LogP contribution in [0.2, 0.25) is 0 Å². The highest BCUT2D eigenvalue weighted by atomic mass is 16.5. The normalized spacial score (nSPS) is 10.3. The lowest BCUT2D eigenvalue weighted by Gasteiger charge is -2.10. The van der Waals surface area contributed by atoms with Gasteiger partial charge in [0.2, 0.25) is 0 Å². The van der Waals surface area contributed by atoms with E-state index in [1.807, 2.05) is 0 Å². The molecule has 4 heteroatoms. The van der Waals surface area contributed by atoms with Crippen molar-refractivity contribution in [2.75, 3.05) is 19.4 Å². The summed E-state index contributed by atoms with van der Waals surface area (Å²) in [5, 5.41) is 2.57. The highest BCUT2D eigenvalue weighted by Gasteiger charge is 2.07. The minimum atomic E-state index is -0.140. The zero-order chi connectivity index (χ0) is 14.8. The SMILES string of the molecule is CCCCCCCCOc1ccc(C(=O)NC)cc1N. The van der Waals surface area contributed by atoms with Gasteiger partial charge in [-0.25, -0.2) is 0 Å². The molecule has 0 spiro atoms. The summed E-state index contributed by atoms with van der Waals surface area (Å²) in [6.45, 7) is 2.89. The summed E-state index contributed by atoms with van der Waals surface area (Å²) in [6.07, 6.45) is 7.39. The third kappa shape index (κ3) is 5.51. The van der Waals surface area contributed by atoms with Crippen LogP contribution in [0.1, 0.15) is 55.8 Å². The molecule has 1 rings (SSSR count). The molecule has 4 nitrogen and oxygen atoms in total. The van der Waals surface area contributed by atoms with E-state index in [1.165, 1.54) is 32.1 Å². The molecule has 0 aliphatic rings. The van der Waals surface area contributed by atoms with E-state index < -0.39 is 0 Å². The third-order valence-corrected chi connectivity index (χ3v) is 3.25. The van der Waals surface area contributed by atoms with E-state index in [0.29, 0.717) is 23.6 Å². The molecule has 0 heterocycles. The molecular formula is C16H26N2O2. The second kappa shape index (κ2) is 9.23. The third-order valence-electron chi connectivity index (χ3n) is 3.25. The van der Waals surface area contributed by atoms with Crippen molar-refractivity contribution in [3.05, 3.63) is 23.8 Å². The van der Waals surface area contributed by atoms with Gasteiger partial charge in [-0.1, -0.05) is 39.0 Å². The number of rotatable bonds is 9. The van der Waals surface area contributed by atoms with Crippen LogP contribution in [-0.4, -0.2) is 19.6 Å². The number of carbonyl (C=O) groups is 1. The number of anilines is 1. The first-order chi connectivity index (χ1) is 9.69. The lowest BCUT2D eigenvalue weighted by Crippen LogP contribution is -2.17. The number of amides is 1. The first-order valence-corrected chi connectivity index (χ1v) is 7.43. The summed E-state index contributed by atoms with van der Waals surface area (Å²) < 4.78 is 5.65. The van der Waals surface area contributed by atoms with Crippen molar-refractivity contribution in [1.29, 1.82) is 0 Å². The van der Waals surface area contributed by atoms with Gasteiger partial charge in [-0.05, 0) is 24.6 Å². The number of unbranched alkanes of at least 4 members (excludes halogenated alkanes) is 5. The van der Waals surface area contributed by atoms with Gasteiger partial charge < -0.3 is 15.8 Å². The van der Waals surface area contributed by atoms with Gasteiger partial charge in [0.25, 0.3) is 5.91 Å². The van der Waals surface area contributed by atoms with Gasteiger partial charge in [-0.15, -0.1) is 0 Å². The fourth-order valence-electron chi connectivity index (χ4n) is 2.03. The number of benzene rings is 1. The number of nitrogens with two attached hydrogens (primary N) is 1. The van der Waals surface area contributed by atoms with E-state index in [4.69, 9.17) is 10.5 Å². The summed E-state index contributed by atoms with van der Waals surface area (Å²) in [5.74, 6) is 0.519. The van der Waals surface area contributed by atoms with Crippen LogP contribution in [0.5, 0.6) is 5.75 Å². The highest BCUT2D eigenvalue weighted by molar-refractivity contribution is 5.95. The van der Waals surface area contributed by atoms with Crippen LogP contribution >= 0.6 is 0 Å². The number of nitrogens with one attached hydrogen (secondary N) is 1. The molecular weight excluding hydrogens is 252 g/mol. The molecule has 0 saturated carbocycles. The maximum absolute atomic E-state index is 11.5. The predicted octanol–water partition coefficient (Wildman–Crippen LogP) is 3.37. The first-order valence-electron chi connectivity index (χ1n) is 7.43. The number of carbonyl (C=O) groups excluding carboxylic acids is 1. The fourth-order valence-corrected chi connectivity index (χ4v) is 2.03. The molecule has 20 heavy (non-hydrogen) atoms. The van der Waals surface area contributed by atoms with Crippen LogP contribution in [0.3, 0.4) is 0 Å². The zero-order valence-electron chi connectivity index (χ0n) is 12.6. The van der Waals surface area contributed by atoms with Crippen molar-refractivity contribution in [3.8, 4) is 5.75 Å². The van der Waals surface area contributed by atoms with Crippen molar-refractivity contribution in [2.45, 2.75) is 45.4 Å². The molecule has 0 radical (unpaired) electrons. The maximum atomic E-state index is 11.5. The van der Waals surface area contributed by atoms with Crippen LogP contribution in [0.4, 0.5) is 5.69 Å². The summed E-state index contributed by atoms with van der Waals surface area (Å²) in [7, 11) is 1.60. The van der Waals surface area contributed by atoms with Crippen LogP contribution in [0, 0.1) is 0 Å². The maximum Gasteiger partial charge on any atom is 0.251 e. The topological polar surface area (TPSA) is 64.3 Å². The number of hydrogen-bond acceptors (Lipinski definition) is 3. The van der Waals surface area contributed by atoms with Gasteiger partial charge in [0, 0.05) is 12.6 Å². The second-order valence-electron chi connectivity index (χ2n) is 4.95. The van der Waals surface area contributed by atoms with E-state index in [9.17, 15) is 4.79 Å². The molecule has 0 unspecified atom stereocenters. The van der Waals surface area contributed by atoms with E-state index in [1.54, 1.807) is 25.2 Å². The van der Waals surface area contributed by atoms with Gasteiger partial charge in [0.15, 0.2) is 0 Å². The Kier molecular flexibility index (Phi) is 7.55. The molecule has 0 aliphatic heterocycles. The predicted molar refractivity (Wildman–Crippen MR) is 83.1 cm³/mol. The number of hydrogen-bond donors (Lipinski definition) is 2. The number of nitrogen functional groups attached to an aromatic ring is 1. The summed E-state index contributed by atoms with van der Waals surface area (Å²) >= 11 is 0. The van der Waals surface area contributed by atoms with Crippen LogP contribution in [-0.2, 0) is 0 Å². The molecule has 3 N–H and O–H groups in total. The Morgan fingerprint density at radius 3 is 2.55 bits per heavy atom. The fraction of sp³-hybridized carbons (Fsp3) is 0.562. The average Bonchev–Trinajstić information content (AvgIpc) is 2.46. The van der Waals surface area contributed by atoms with Crippen LogP contribution in [0.25, 0.3) is 0 Å². The van der Waals surface area contributed by atoms with Crippen molar-refractivity contribution < 1.29 is 9.53 Å². The largest absolute Gasteiger partial charge is 0.491 e. The Morgan fingerprint density at radius 1 is 1.20 bits per heavy atom. The van der Waals surface area contributed by atoms with Crippen molar-refractivity contribution in [2.24, 2.45) is 0 Å². The van der Waals surface area contributed by atoms with Crippen molar-refractivity contribution >= 4 is 11.6 Å². The minimum Gasteiger partial charge on any atom is -0.491 e. The van der Waals surface area contributed by atoms with Gasteiger partial charge in [-0.2, -0.15) is 0 Å². The molecule has 0 fully saturated rings. The lowest BCUT2D eigenvalue weighted by molar-refractivity contribution is 0.0963. The second-order valence-corrected chi connectivity index (χ2v) is 4.95. The Balaban J connectivity index is 2.32. The summed E-state index contributed by atoms with van der Waals surface area (Å²) in [6, 6.07) is 5.14. The average molecular weight is 278 g/mol. The van der Waals surface area contributed by atoms with E-state index in [2.05, 4.69) is 12.2 Å². The molecule has 0 aromatic heterocycles. The Hall–Kier alpha value is -1.71. The van der Waals surface area contributed by atoms with Gasteiger partial charge >= 0.3 is 0 Å². The molecule has 0 atom stereocenters. The quantitative estimate of drug-likeness (QED) is 0.537. The lowest BCUT2D eigenvalue weighted by atomic mass is 10.1. The van der Waals surface area contributed by atoms with E-state index in [0.717, 1.165) is 6.42 Å². The zero-order valence-corrected chi connectivity index (χ0v) is 12.6. The van der Waals surface area contributed by atoms with E-state index >= 15 is 0 Å². The van der Waals surface area contributed by atoms with Crippen molar-refractivity contribution in [3.63, 3.8) is 0 Å². The Bertz CT molecular complexity index is 419. The van der Waals surface area contributed by atoms with Crippen molar-refractivity contribution in [1.82, 2.24) is 5.32 Å². The molecule has 1 amide bonds.